The molecule has 0 saturated carbocycles. The fourth-order valence-corrected chi connectivity index (χ4v) is 1.29. The second-order valence-corrected chi connectivity index (χ2v) is 3.08. The Hall–Kier alpha value is -0.770. The van der Waals surface area contributed by atoms with Gasteiger partial charge in [-0.05, 0) is 19.3 Å². The number of carbonyl (C=O) groups is 2. The van der Waals surface area contributed by atoms with E-state index in [0.717, 1.165) is 12.8 Å². The molecule has 2 N–H and O–H groups in total. The number of hydrogen-bond donors (Lipinski definition) is 2. The highest BCUT2D eigenvalue weighted by atomic mass is 35.5. The van der Waals surface area contributed by atoms with E-state index >= 15 is 0 Å². The molecule has 1 aliphatic rings. The molecule has 4 nitrogen and oxygen atoms in total. The Bertz CT molecular complexity index is 196. The van der Waals surface area contributed by atoms with E-state index in [-0.39, 0.29) is 11.9 Å². The zero-order chi connectivity index (χ0) is 8.97. The first-order valence-electron chi connectivity index (χ1n) is 3.91. The summed E-state index contributed by atoms with van der Waals surface area (Å²) in [5, 5.41) is 4.69. The summed E-state index contributed by atoms with van der Waals surface area (Å²) in [5.74, 6) is 0.372. The minimum absolute atomic E-state index is 0.227. The normalized spacial score (nSPS) is 22.2. The molecule has 0 aromatic rings. The van der Waals surface area contributed by atoms with Gasteiger partial charge in [-0.15, -0.1) is 11.6 Å². The highest BCUT2D eigenvalue weighted by Crippen LogP contribution is 2.05. The van der Waals surface area contributed by atoms with Crippen LogP contribution in [0.15, 0.2) is 0 Å². The molecule has 1 fully saturated rings. The van der Waals surface area contributed by atoms with Gasteiger partial charge in [0.15, 0.2) is 0 Å². The first-order valence-corrected chi connectivity index (χ1v) is 4.45. The van der Waals surface area contributed by atoms with Crippen LogP contribution >= 0.6 is 11.6 Å². The van der Waals surface area contributed by atoms with Gasteiger partial charge in [-0.25, -0.2) is 4.79 Å². The van der Waals surface area contributed by atoms with Crippen molar-refractivity contribution in [3.05, 3.63) is 0 Å². The number of imide groups is 1. The van der Waals surface area contributed by atoms with Gasteiger partial charge in [-0.2, -0.15) is 0 Å². The van der Waals surface area contributed by atoms with Gasteiger partial charge in [-0.1, -0.05) is 0 Å². The van der Waals surface area contributed by atoms with Crippen molar-refractivity contribution in [2.45, 2.75) is 25.3 Å². The van der Waals surface area contributed by atoms with Crippen LogP contribution in [-0.4, -0.2) is 23.9 Å². The van der Waals surface area contributed by atoms with Gasteiger partial charge in [0.1, 0.15) is 6.04 Å². The molecule has 1 unspecified atom stereocenters. The van der Waals surface area contributed by atoms with Crippen molar-refractivity contribution < 1.29 is 9.59 Å². The molecule has 1 rings (SSSR count). The largest absolute Gasteiger partial charge is 0.326 e. The zero-order valence-electron chi connectivity index (χ0n) is 6.60. The van der Waals surface area contributed by atoms with Gasteiger partial charge in [-0.3, -0.25) is 10.1 Å². The van der Waals surface area contributed by atoms with Gasteiger partial charge in [0.25, 0.3) is 5.91 Å². The molecule has 0 bridgehead atoms. The maximum absolute atomic E-state index is 11.0. The lowest BCUT2D eigenvalue weighted by atomic mass is 10.1. The quantitative estimate of drug-likeness (QED) is 0.388. The second kappa shape index (κ2) is 4.30. The first-order chi connectivity index (χ1) is 5.74. The van der Waals surface area contributed by atoms with Crippen LogP contribution in [0.5, 0.6) is 0 Å². The third kappa shape index (κ3) is 2.37. The second-order valence-electron chi connectivity index (χ2n) is 2.70. The summed E-state index contributed by atoms with van der Waals surface area (Å²) < 4.78 is 0. The van der Waals surface area contributed by atoms with Crippen LogP contribution in [0, 0.1) is 0 Å². The van der Waals surface area contributed by atoms with Crippen molar-refractivity contribution in [1.29, 1.82) is 0 Å². The fraction of sp³-hybridized carbons (Fsp3) is 0.714. The maximum atomic E-state index is 11.0. The summed E-state index contributed by atoms with van der Waals surface area (Å²) in [6, 6.07) is -0.739. The number of urea groups is 1. The molecule has 1 heterocycles. The number of rotatable bonds is 4. The molecule has 3 amide bonds. The molecule has 5 heteroatoms. The Morgan fingerprint density at radius 2 is 2.08 bits per heavy atom. The molecule has 68 valence electrons. The van der Waals surface area contributed by atoms with Crippen molar-refractivity contribution in [2.24, 2.45) is 0 Å². The Morgan fingerprint density at radius 1 is 1.33 bits per heavy atom. The number of hydrogen-bond acceptors (Lipinski definition) is 2. The smallest absolute Gasteiger partial charge is 0.322 e. The van der Waals surface area contributed by atoms with Crippen molar-refractivity contribution in [3.63, 3.8) is 0 Å². The summed E-state index contributed by atoms with van der Waals surface area (Å²) in [6.07, 6.45) is 2.41. The highest BCUT2D eigenvalue weighted by molar-refractivity contribution is 6.17. The van der Waals surface area contributed by atoms with Gasteiger partial charge < -0.3 is 5.32 Å². The standard InChI is InChI=1S/C7H11ClN2O2/c8-4-2-1-3-5-6(11)10-7(12)9-5/h5H,1-4H2,(H2,9,10,11,12). The molecule has 0 aliphatic carbocycles. The Kier molecular flexibility index (Phi) is 3.34. The molecule has 1 atom stereocenters. The molecule has 0 aromatic heterocycles. The third-order valence-corrected chi connectivity index (χ3v) is 2.00. The van der Waals surface area contributed by atoms with E-state index in [9.17, 15) is 9.59 Å². The first kappa shape index (κ1) is 9.32. The predicted octanol–water partition coefficient (Wildman–Crippen LogP) is 0.603. The van der Waals surface area contributed by atoms with Crippen LogP contribution in [0.1, 0.15) is 19.3 Å². The molecular weight excluding hydrogens is 180 g/mol. The molecule has 0 aromatic carbocycles. The summed E-state index contributed by atoms with van der Waals surface area (Å²) in [5.41, 5.74) is 0. The van der Waals surface area contributed by atoms with Crippen molar-refractivity contribution in [1.82, 2.24) is 10.6 Å². The Balaban J connectivity index is 2.24. The zero-order valence-corrected chi connectivity index (χ0v) is 7.36. The van der Waals surface area contributed by atoms with Crippen LogP contribution in [-0.2, 0) is 4.79 Å². The summed E-state index contributed by atoms with van der Waals surface area (Å²) >= 11 is 5.46. The molecule has 0 spiro atoms. The monoisotopic (exact) mass is 190 g/mol. The van der Waals surface area contributed by atoms with Gasteiger partial charge in [0.05, 0.1) is 0 Å². The lowest BCUT2D eigenvalue weighted by Gasteiger charge is -2.04. The maximum Gasteiger partial charge on any atom is 0.322 e. The van der Waals surface area contributed by atoms with Gasteiger partial charge in [0, 0.05) is 5.88 Å². The summed E-state index contributed by atoms with van der Waals surface area (Å²) in [6.45, 7) is 0. The van der Waals surface area contributed by atoms with Crippen LogP contribution < -0.4 is 10.6 Å². The topological polar surface area (TPSA) is 58.2 Å². The fourth-order valence-electron chi connectivity index (χ4n) is 1.11. The molecule has 1 aliphatic heterocycles. The number of alkyl halides is 1. The van der Waals surface area contributed by atoms with Crippen LogP contribution in [0.3, 0.4) is 0 Å². The van der Waals surface area contributed by atoms with Crippen LogP contribution in [0.4, 0.5) is 4.79 Å². The number of carbonyl (C=O) groups excluding carboxylic acids is 2. The molecule has 1 saturated heterocycles. The van der Waals surface area contributed by atoms with E-state index in [4.69, 9.17) is 11.6 Å². The molecular formula is C7H11ClN2O2. The number of halogens is 1. The van der Waals surface area contributed by atoms with E-state index in [2.05, 4.69) is 10.6 Å². The van der Waals surface area contributed by atoms with Gasteiger partial charge in [0.2, 0.25) is 0 Å². The predicted molar refractivity (Wildman–Crippen MR) is 45.0 cm³/mol. The van der Waals surface area contributed by atoms with E-state index < -0.39 is 6.03 Å². The average Bonchev–Trinajstić information content (AvgIpc) is 2.31. The minimum atomic E-state index is -0.393. The SMILES string of the molecule is O=C1NC(=O)C(CCCCCl)N1. The Labute approximate surface area is 75.6 Å². The number of unbranched alkanes of at least 4 members (excludes halogenated alkanes) is 1. The number of nitrogens with one attached hydrogen (secondary N) is 2. The average molecular weight is 191 g/mol. The summed E-state index contributed by atoms with van der Waals surface area (Å²) in [7, 11) is 0. The van der Waals surface area contributed by atoms with E-state index in [1.54, 1.807) is 0 Å². The van der Waals surface area contributed by atoms with Crippen molar-refractivity contribution in [3.8, 4) is 0 Å². The Morgan fingerprint density at radius 3 is 2.58 bits per heavy atom. The lowest BCUT2D eigenvalue weighted by molar-refractivity contribution is -0.120. The van der Waals surface area contributed by atoms with E-state index in [1.165, 1.54) is 0 Å². The molecule has 0 radical (unpaired) electrons. The minimum Gasteiger partial charge on any atom is -0.326 e. The van der Waals surface area contributed by atoms with E-state index in [0.29, 0.717) is 12.3 Å². The van der Waals surface area contributed by atoms with E-state index in [1.807, 2.05) is 0 Å². The summed E-state index contributed by atoms with van der Waals surface area (Å²) in [4.78, 5) is 21.6. The highest BCUT2D eigenvalue weighted by Gasteiger charge is 2.28. The third-order valence-electron chi connectivity index (χ3n) is 1.73. The van der Waals surface area contributed by atoms with Crippen molar-refractivity contribution >= 4 is 23.5 Å². The lowest BCUT2D eigenvalue weighted by Crippen LogP contribution is -2.28. The van der Waals surface area contributed by atoms with Crippen LogP contribution in [0.2, 0.25) is 0 Å². The number of amides is 3. The molecule has 12 heavy (non-hydrogen) atoms. The van der Waals surface area contributed by atoms with Gasteiger partial charge >= 0.3 is 6.03 Å². The van der Waals surface area contributed by atoms with Crippen molar-refractivity contribution in [2.75, 3.05) is 5.88 Å². The van der Waals surface area contributed by atoms with Crippen LogP contribution in [0.25, 0.3) is 0 Å².